The molecule has 210 valence electrons. The van der Waals surface area contributed by atoms with E-state index in [9.17, 15) is 22.8 Å². The molecule has 2 aliphatic heterocycles. The topological polar surface area (TPSA) is 152 Å². The Morgan fingerprint density at radius 1 is 1.08 bits per heavy atom. The van der Waals surface area contributed by atoms with E-state index in [1.54, 1.807) is 59.7 Å². The number of thiophene rings is 1. The lowest BCUT2D eigenvalue weighted by molar-refractivity contribution is -0.161. The normalized spacial score (nSPS) is 17.9. The summed E-state index contributed by atoms with van der Waals surface area (Å²) >= 11 is 1.15. The van der Waals surface area contributed by atoms with E-state index in [-0.39, 0.29) is 33.9 Å². The molecule has 3 heterocycles. The molecule has 0 radical (unpaired) electrons. The highest BCUT2D eigenvalue weighted by molar-refractivity contribution is 7.90. The Labute approximate surface area is 231 Å². The number of carbonyl (C=O) groups is 3. The van der Waals surface area contributed by atoms with Crippen molar-refractivity contribution in [1.82, 2.24) is 10.6 Å². The van der Waals surface area contributed by atoms with E-state index in [2.05, 4.69) is 20.3 Å². The highest BCUT2D eigenvalue weighted by Gasteiger charge is 2.35. The summed E-state index contributed by atoms with van der Waals surface area (Å²) in [5.41, 5.74) is -0.280. The molecule has 1 aromatic carbocycles. The van der Waals surface area contributed by atoms with Crippen LogP contribution in [0.1, 0.15) is 73.9 Å². The van der Waals surface area contributed by atoms with E-state index in [0.717, 1.165) is 16.2 Å². The van der Waals surface area contributed by atoms with E-state index in [4.69, 9.17) is 9.47 Å². The Balaban J connectivity index is 1.64. The number of anilines is 1. The second-order valence-corrected chi connectivity index (χ2v) is 13.8. The minimum atomic E-state index is -3.78. The van der Waals surface area contributed by atoms with Crippen LogP contribution in [0.2, 0.25) is 0 Å². The average molecular weight is 577 g/mol. The second kappa shape index (κ2) is 10.4. The predicted molar refractivity (Wildman–Crippen MR) is 147 cm³/mol. The number of hydrogen-bond donors (Lipinski definition) is 3. The maximum Gasteiger partial charge on any atom is 0.397 e. The van der Waals surface area contributed by atoms with Crippen LogP contribution in [0.4, 0.5) is 5.00 Å². The number of benzene rings is 1. The van der Waals surface area contributed by atoms with Crippen molar-refractivity contribution in [3.8, 4) is 0 Å². The molecule has 1 atom stereocenters. The van der Waals surface area contributed by atoms with Gasteiger partial charge in [-0.2, -0.15) is 8.42 Å². The Kier molecular flexibility index (Phi) is 7.63. The van der Waals surface area contributed by atoms with Gasteiger partial charge in [-0.15, -0.1) is 15.7 Å². The van der Waals surface area contributed by atoms with Crippen molar-refractivity contribution in [1.29, 1.82) is 0 Å². The zero-order valence-electron chi connectivity index (χ0n) is 22.6. The van der Waals surface area contributed by atoms with Crippen molar-refractivity contribution in [2.75, 3.05) is 18.4 Å². The molecule has 0 bridgehead atoms. The lowest BCUT2D eigenvalue weighted by atomic mass is 9.98. The number of ether oxygens (including phenoxy) is 2. The molecule has 1 aromatic heterocycles. The second-order valence-electron chi connectivity index (χ2n) is 11.2. The van der Waals surface area contributed by atoms with Crippen LogP contribution in [-0.4, -0.2) is 56.4 Å². The first-order chi connectivity index (χ1) is 18.1. The number of amidine groups is 1. The molecule has 4 rings (SSSR count). The lowest BCUT2D eigenvalue weighted by Gasteiger charge is -2.25. The Hall–Kier alpha value is -3.29. The van der Waals surface area contributed by atoms with Crippen molar-refractivity contribution < 1.29 is 32.3 Å². The zero-order chi connectivity index (χ0) is 28.8. The molecular weight excluding hydrogens is 544 g/mol. The van der Waals surface area contributed by atoms with Crippen molar-refractivity contribution in [2.45, 2.75) is 70.1 Å². The van der Waals surface area contributed by atoms with Crippen molar-refractivity contribution in [3.63, 3.8) is 0 Å². The van der Waals surface area contributed by atoms with E-state index >= 15 is 0 Å². The third-order valence-electron chi connectivity index (χ3n) is 5.64. The summed E-state index contributed by atoms with van der Waals surface area (Å²) in [7, 11) is -3.78. The molecule has 0 spiro atoms. The standard InChI is InChI=1S/C26H32N4O7S2/c1-25(2,3)36-23(32)18-15-11-12-27-16(13-28-20-14-9-7-8-10-17(14)39(34,35)30-20)19(15)38-22(18)29-21(31)24(33)37-26(4,5)6/h7-10,16,27H,11-13H2,1-6H3,(H,28,30)(H,29,31). The van der Waals surface area contributed by atoms with Crippen molar-refractivity contribution in [2.24, 2.45) is 4.40 Å². The molecule has 3 N–H and O–H groups in total. The van der Waals surface area contributed by atoms with Crippen LogP contribution in [0, 0.1) is 0 Å². The average Bonchev–Trinajstić information content (AvgIpc) is 3.30. The summed E-state index contributed by atoms with van der Waals surface area (Å²) in [4.78, 5) is 39.2. The molecule has 0 aliphatic carbocycles. The number of rotatable bonds is 4. The maximum absolute atomic E-state index is 13.3. The van der Waals surface area contributed by atoms with Gasteiger partial charge in [0.25, 0.3) is 10.0 Å². The Bertz CT molecular complexity index is 1460. The molecule has 1 amide bonds. The van der Waals surface area contributed by atoms with Crippen LogP contribution in [0.3, 0.4) is 0 Å². The van der Waals surface area contributed by atoms with E-state index in [1.807, 2.05) is 0 Å². The zero-order valence-corrected chi connectivity index (χ0v) is 24.3. The van der Waals surface area contributed by atoms with Gasteiger partial charge in [-0.1, -0.05) is 12.1 Å². The maximum atomic E-state index is 13.3. The first kappa shape index (κ1) is 28.7. The summed E-state index contributed by atoms with van der Waals surface area (Å²) in [6.07, 6.45) is 0.484. The van der Waals surface area contributed by atoms with Crippen LogP contribution >= 0.6 is 11.3 Å². The molecule has 2 aromatic rings. The predicted octanol–water partition coefficient (Wildman–Crippen LogP) is 2.91. The minimum absolute atomic E-state index is 0.139. The Morgan fingerprint density at radius 2 is 1.74 bits per heavy atom. The van der Waals surface area contributed by atoms with Gasteiger partial charge in [-0.3, -0.25) is 4.79 Å². The number of sulfonamides is 1. The number of esters is 2. The Morgan fingerprint density at radius 3 is 2.41 bits per heavy atom. The monoisotopic (exact) mass is 576 g/mol. The quantitative estimate of drug-likeness (QED) is 0.368. The summed E-state index contributed by atoms with van der Waals surface area (Å²) in [5, 5.41) is 9.22. The van der Waals surface area contributed by atoms with Crippen LogP contribution in [0.5, 0.6) is 0 Å². The fourth-order valence-corrected chi connectivity index (χ4v) is 6.69. The SMILES string of the molecule is CC(C)(C)OC(=O)C(=O)Nc1sc2c(c1C(=O)OC(C)(C)C)CCNC2CNC1=NS(=O)(=O)c2ccccc21. The van der Waals surface area contributed by atoms with Gasteiger partial charge in [0, 0.05) is 17.0 Å². The molecule has 11 nitrogen and oxygen atoms in total. The fourth-order valence-electron chi connectivity index (χ4n) is 4.19. The van der Waals surface area contributed by atoms with E-state index in [1.165, 1.54) is 6.07 Å². The van der Waals surface area contributed by atoms with Gasteiger partial charge in [-0.25, -0.2) is 9.59 Å². The summed E-state index contributed by atoms with van der Waals surface area (Å²) in [6.45, 7) is 10.9. The number of nitrogens with zero attached hydrogens (tertiary/aromatic N) is 1. The van der Waals surface area contributed by atoms with Gasteiger partial charge >= 0.3 is 17.8 Å². The summed E-state index contributed by atoms with van der Waals surface area (Å²) < 4.78 is 39.5. The summed E-state index contributed by atoms with van der Waals surface area (Å²) in [6, 6.07) is 6.22. The summed E-state index contributed by atoms with van der Waals surface area (Å²) in [5.74, 6) is -2.45. The largest absolute Gasteiger partial charge is 0.456 e. The first-order valence-electron chi connectivity index (χ1n) is 12.4. The number of carbonyl (C=O) groups excluding carboxylic acids is 3. The number of amides is 1. The highest BCUT2D eigenvalue weighted by atomic mass is 32.2. The minimum Gasteiger partial charge on any atom is -0.456 e. The molecule has 39 heavy (non-hydrogen) atoms. The number of fused-ring (bicyclic) bond motifs is 2. The fraction of sp³-hybridized carbons (Fsp3) is 0.462. The van der Waals surface area contributed by atoms with Gasteiger partial charge in [0.15, 0.2) is 0 Å². The number of hydrogen-bond acceptors (Lipinski definition) is 10. The van der Waals surface area contributed by atoms with Crippen LogP contribution in [-0.2, 0) is 35.5 Å². The lowest BCUT2D eigenvalue weighted by Crippen LogP contribution is -2.38. The molecule has 0 saturated carbocycles. The van der Waals surface area contributed by atoms with Crippen molar-refractivity contribution >= 4 is 50.0 Å². The van der Waals surface area contributed by atoms with Gasteiger partial charge in [-0.05, 0) is 72.2 Å². The molecular formula is C26H32N4O7S2. The van der Waals surface area contributed by atoms with Crippen molar-refractivity contribution in [3.05, 3.63) is 45.8 Å². The van der Waals surface area contributed by atoms with Gasteiger partial charge in [0.1, 0.15) is 26.9 Å². The van der Waals surface area contributed by atoms with E-state index < -0.39 is 39.1 Å². The van der Waals surface area contributed by atoms with Gasteiger partial charge < -0.3 is 25.4 Å². The molecule has 13 heteroatoms. The third kappa shape index (κ3) is 6.48. The van der Waals surface area contributed by atoms with Crippen LogP contribution < -0.4 is 16.0 Å². The number of nitrogens with one attached hydrogen (secondary N) is 3. The smallest absolute Gasteiger partial charge is 0.397 e. The molecule has 1 unspecified atom stereocenters. The van der Waals surface area contributed by atoms with Gasteiger partial charge in [0.05, 0.1) is 11.6 Å². The van der Waals surface area contributed by atoms with Crippen LogP contribution in [0.25, 0.3) is 0 Å². The molecule has 2 aliphatic rings. The van der Waals surface area contributed by atoms with Gasteiger partial charge in [0.2, 0.25) is 0 Å². The molecule has 0 saturated heterocycles. The molecule has 0 fully saturated rings. The van der Waals surface area contributed by atoms with E-state index in [0.29, 0.717) is 24.1 Å². The highest BCUT2D eigenvalue weighted by Crippen LogP contribution is 2.40. The van der Waals surface area contributed by atoms with Crippen LogP contribution in [0.15, 0.2) is 33.6 Å². The first-order valence-corrected chi connectivity index (χ1v) is 14.7. The third-order valence-corrected chi connectivity index (χ3v) is 8.24.